The van der Waals surface area contributed by atoms with E-state index in [1.165, 1.54) is 0 Å². The molecule has 0 fully saturated rings. The normalized spacial score (nSPS) is 10.3. The first-order valence-corrected chi connectivity index (χ1v) is 6.81. The van der Waals surface area contributed by atoms with Crippen LogP contribution >= 0.6 is 0 Å². The summed E-state index contributed by atoms with van der Waals surface area (Å²) in [6.45, 7) is 4.35. The highest BCUT2D eigenvalue weighted by atomic mass is 16.1. The molecule has 5 nitrogen and oxygen atoms in total. The lowest BCUT2D eigenvalue weighted by Crippen LogP contribution is -2.24. The van der Waals surface area contributed by atoms with Crippen molar-refractivity contribution in [1.82, 2.24) is 15.3 Å². The zero-order valence-corrected chi connectivity index (χ0v) is 12.8. The molecular weight excluding hydrogens is 264 g/mol. The molecule has 1 heterocycles. The van der Waals surface area contributed by atoms with Gasteiger partial charge in [0.15, 0.2) is 0 Å². The van der Waals surface area contributed by atoms with Gasteiger partial charge in [0.2, 0.25) is 5.95 Å². The van der Waals surface area contributed by atoms with Gasteiger partial charge in [-0.1, -0.05) is 17.2 Å². The van der Waals surface area contributed by atoms with E-state index >= 15 is 0 Å². The molecule has 0 saturated carbocycles. The van der Waals surface area contributed by atoms with Crippen LogP contribution in [0.4, 0.5) is 5.95 Å². The summed E-state index contributed by atoms with van der Waals surface area (Å²) in [5.74, 6) is 0.542. The second-order valence-corrected chi connectivity index (χ2v) is 5.30. The summed E-state index contributed by atoms with van der Waals surface area (Å²) >= 11 is 0. The van der Waals surface area contributed by atoms with E-state index < -0.39 is 0 Å². The van der Waals surface area contributed by atoms with Crippen LogP contribution in [0.1, 0.15) is 27.2 Å². The number of hydrogen-bond donors (Lipinski definition) is 1. The molecule has 21 heavy (non-hydrogen) atoms. The van der Waals surface area contributed by atoms with E-state index in [2.05, 4.69) is 15.3 Å². The largest absolute Gasteiger partial charge is 0.347 e. The van der Waals surface area contributed by atoms with Crippen LogP contribution in [0.3, 0.4) is 0 Å². The van der Waals surface area contributed by atoms with Gasteiger partial charge in [-0.05, 0) is 32.0 Å². The maximum absolute atomic E-state index is 12.2. The number of benzene rings is 1. The standard InChI is InChI=1S/C16H20N4O/c1-11-7-12(2)9-13(8-11)15(21)18-10-14-5-6-17-16(19-14)20(3)4/h5-9H,10H2,1-4H3,(H,18,21). The minimum absolute atomic E-state index is 0.0909. The predicted molar refractivity (Wildman–Crippen MR) is 83.4 cm³/mol. The van der Waals surface area contributed by atoms with Crippen molar-refractivity contribution < 1.29 is 4.79 Å². The zero-order valence-electron chi connectivity index (χ0n) is 12.8. The van der Waals surface area contributed by atoms with Gasteiger partial charge in [0, 0.05) is 25.9 Å². The lowest BCUT2D eigenvalue weighted by Gasteiger charge is -2.11. The first kappa shape index (κ1) is 15.0. The van der Waals surface area contributed by atoms with E-state index in [1.807, 2.05) is 51.0 Å². The smallest absolute Gasteiger partial charge is 0.251 e. The average molecular weight is 284 g/mol. The monoisotopic (exact) mass is 284 g/mol. The van der Waals surface area contributed by atoms with Crippen molar-refractivity contribution in [3.63, 3.8) is 0 Å². The fourth-order valence-corrected chi connectivity index (χ4v) is 2.08. The molecule has 0 bridgehead atoms. The third-order valence-electron chi connectivity index (χ3n) is 3.01. The van der Waals surface area contributed by atoms with Gasteiger partial charge in [0.25, 0.3) is 5.91 Å². The minimum atomic E-state index is -0.0909. The number of aryl methyl sites for hydroxylation is 2. The van der Waals surface area contributed by atoms with Gasteiger partial charge in [-0.2, -0.15) is 0 Å². The third kappa shape index (κ3) is 4.02. The van der Waals surface area contributed by atoms with Crippen molar-refractivity contribution in [2.45, 2.75) is 20.4 Å². The highest BCUT2D eigenvalue weighted by Crippen LogP contribution is 2.09. The quantitative estimate of drug-likeness (QED) is 0.934. The van der Waals surface area contributed by atoms with E-state index in [-0.39, 0.29) is 5.91 Å². The van der Waals surface area contributed by atoms with Crippen LogP contribution in [0, 0.1) is 13.8 Å². The molecule has 0 atom stereocenters. The summed E-state index contributed by atoms with van der Waals surface area (Å²) in [6.07, 6.45) is 1.70. The highest BCUT2D eigenvalue weighted by Gasteiger charge is 2.07. The molecule has 2 rings (SSSR count). The molecule has 0 unspecified atom stereocenters. The second-order valence-electron chi connectivity index (χ2n) is 5.30. The van der Waals surface area contributed by atoms with Crippen molar-refractivity contribution in [2.75, 3.05) is 19.0 Å². The van der Waals surface area contributed by atoms with E-state index in [9.17, 15) is 4.79 Å². The Morgan fingerprint density at radius 3 is 2.48 bits per heavy atom. The molecule has 1 aromatic heterocycles. The molecule has 0 aliphatic rings. The molecule has 0 radical (unpaired) electrons. The summed E-state index contributed by atoms with van der Waals surface area (Å²) in [5.41, 5.74) is 3.62. The van der Waals surface area contributed by atoms with Crippen LogP contribution in [0.5, 0.6) is 0 Å². The lowest BCUT2D eigenvalue weighted by atomic mass is 10.1. The Labute approximate surface area is 125 Å². The van der Waals surface area contributed by atoms with Gasteiger partial charge < -0.3 is 10.2 Å². The summed E-state index contributed by atoms with van der Waals surface area (Å²) < 4.78 is 0. The molecule has 0 aliphatic carbocycles. The molecule has 1 N–H and O–H groups in total. The number of nitrogens with zero attached hydrogens (tertiary/aromatic N) is 3. The summed E-state index contributed by atoms with van der Waals surface area (Å²) in [7, 11) is 3.76. The Hall–Kier alpha value is -2.43. The Morgan fingerprint density at radius 2 is 1.86 bits per heavy atom. The second kappa shape index (κ2) is 6.35. The van der Waals surface area contributed by atoms with E-state index in [0.29, 0.717) is 18.1 Å². The topological polar surface area (TPSA) is 58.1 Å². The lowest BCUT2D eigenvalue weighted by molar-refractivity contribution is 0.0950. The first-order chi connectivity index (χ1) is 9.95. The average Bonchev–Trinajstić information content (AvgIpc) is 2.44. The SMILES string of the molecule is Cc1cc(C)cc(C(=O)NCc2ccnc(N(C)C)n2)c1. The van der Waals surface area contributed by atoms with Gasteiger partial charge >= 0.3 is 0 Å². The van der Waals surface area contributed by atoms with Crippen LogP contribution in [-0.4, -0.2) is 30.0 Å². The van der Waals surface area contributed by atoms with Crippen molar-refractivity contribution in [2.24, 2.45) is 0 Å². The minimum Gasteiger partial charge on any atom is -0.347 e. The maximum atomic E-state index is 12.2. The van der Waals surface area contributed by atoms with Crippen LogP contribution in [0.25, 0.3) is 0 Å². The van der Waals surface area contributed by atoms with Crippen LogP contribution < -0.4 is 10.2 Å². The van der Waals surface area contributed by atoms with Gasteiger partial charge in [-0.3, -0.25) is 4.79 Å². The predicted octanol–water partition coefficient (Wildman–Crippen LogP) is 2.09. The molecule has 2 aromatic rings. The number of carbonyl (C=O) groups is 1. The number of amides is 1. The van der Waals surface area contributed by atoms with E-state index in [4.69, 9.17) is 0 Å². The summed E-state index contributed by atoms with van der Waals surface area (Å²) in [4.78, 5) is 22.5. The van der Waals surface area contributed by atoms with Crippen LogP contribution in [0.2, 0.25) is 0 Å². The van der Waals surface area contributed by atoms with Crippen molar-refractivity contribution in [3.05, 3.63) is 52.8 Å². The van der Waals surface area contributed by atoms with Gasteiger partial charge in [-0.25, -0.2) is 9.97 Å². The van der Waals surface area contributed by atoms with Gasteiger partial charge in [-0.15, -0.1) is 0 Å². The molecule has 0 spiro atoms. The van der Waals surface area contributed by atoms with Crippen molar-refractivity contribution in [3.8, 4) is 0 Å². The Bertz CT molecular complexity index is 632. The molecular formula is C16H20N4O. The summed E-state index contributed by atoms with van der Waals surface area (Å²) in [6, 6.07) is 7.61. The van der Waals surface area contributed by atoms with Crippen molar-refractivity contribution >= 4 is 11.9 Å². The van der Waals surface area contributed by atoms with Gasteiger partial charge in [0.1, 0.15) is 0 Å². The highest BCUT2D eigenvalue weighted by molar-refractivity contribution is 5.94. The number of rotatable bonds is 4. The number of aromatic nitrogens is 2. The van der Waals surface area contributed by atoms with Crippen molar-refractivity contribution in [1.29, 1.82) is 0 Å². The molecule has 0 saturated heterocycles. The molecule has 1 aromatic carbocycles. The maximum Gasteiger partial charge on any atom is 0.251 e. The number of anilines is 1. The third-order valence-corrected chi connectivity index (χ3v) is 3.01. The fraction of sp³-hybridized carbons (Fsp3) is 0.312. The first-order valence-electron chi connectivity index (χ1n) is 6.81. The summed E-state index contributed by atoms with van der Waals surface area (Å²) in [5, 5.41) is 2.89. The molecule has 1 amide bonds. The molecule has 110 valence electrons. The fourth-order valence-electron chi connectivity index (χ4n) is 2.08. The Morgan fingerprint density at radius 1 is 1.19 bits per heavy atom. The Kier molecular flexibility index (Phi) is 4.52. The van der Waals surface area contributed by atoms with E-state index in [1.54, 1.807) is 12.3 Å². The number of nitrogens with one attached hydrogen (secondary N) is 1. The molecule has 0 aliphatic heterocycles. The van der Waals surface area contributed by atoms with Gasteiger partial charge in [0.05, 0.1) is 12.2 Å². The van der Waals surface area contributed by atoms with Crippen LogP contribution in [-0.2, 0) is 6.54 Å². The van der Waals surface area contributed by atoms with Crippen LogP contribution in [0.15, 0.2) is 30.5 Å². The van der Waals surface area contributed by atoms with E-state index in [0.717, 1.165) is 16.8 Å². The zero-order chi connectivity index (χ0) is 15.4. The number of carbonyl (C=O) groups excluding carboxylic acids is 1. The Balaban J connectivity index is 2.05. The number of hydrogen-bond acceptors (Lipinski definition) is 4. The molecule has 5 heteroatoms.